The van der Waals surface area contributed by atoms with Gasteiger partial charge in [-0.2, -0.15) is 5.10 Å². The van der Waals surface area contributed by atoms with E-state index in [1.165, 1.54) is 13.3 Å². The molecule has 1 heterocycles. The summed E-state index contributed by atoms with van der Waals surface area (Å²) in [6, 6.07) is 20.4. The van der Waals surface area contributed by atoms with Crippen molar-refractivity contribution in [2.24, 2.45) is 5.10 Å². The summed E-state index contributed by atoms with van der Waals surface area (Å²) in [5, 5.41) is 4.79. The minimum atomic E-state index is -0.532. The molecular weight excluding hydrogens is 424 g/mol. The molecule has 0 atom stereocenters. The van der Waals surface area contributed by atoms with Gasteiger partial charge in [0.25, 0.3) is 0 Å². The number of para-hydroxylation sites is 1. The molecule has 33 heavy (non-hydrogen) atoms. The minimum Gasteiger partial charge on any atom is -0.497 e. The van der Waals surface area contributed by atoms with Crippen LogP contribution in [0.1, 0.15) is 26.5 Å². The number of hydrogen-bond donors (Lipinski definition) is 1. The first-order valence-corrected chi connectivity index (χ1v) is 9.93. The molecule has 0 unspecified atom stereocenters. The Labute approximate surface area is 189 Å². The van der Waals surface area contributed by atoms with Crippen LogP contribution in [-0.2, 0) is 0 Å². The Bertz CT molecular complexity index is 1290. The lowest BCUT2D eigenvalue weighted by atomic mass is 10.2. The van der Waals surface area contributed by atoms with Crippen LogP contribution in [0.4, 0.5) is 0 Å². The summed E-state index contributed by atoms with van der Waals surface area (Å²) in [6.07, 6.45) is 1.44. The highest BCUT2D eigenvalue weighted by atomic mass is 16.6. The highest BCUT2D eigenvalue weighted by molar-refractivity contribution is 5.96. The van der Waals surface area contributed by atoms with Crippen LogP contribution in [0.2, 0.25) is 0 Å². The molecule has 0 aliphatic rings. The molecule has 166 valence electrons. The average Bonchev–Trinajstić information content (AvgIpc) is 3.29. The molecule has 0 saturated heterocycles. The van der Waals surface area contributed by atoms with Gasteiger partial charge >= 0.3 is 11.9 Å². The molecule has 0 aliphatic heterocycles. The number of furan rings is 1. The number of ether oxygens (including phenoxy) is 3. The Hall–Kier alpha value is -4.59. The lowest BCUT2D eigenvalue weighted by molar-refractivity contribution is 0.0729. The summed E-state index contributed by atoms with van der Waals surface area (Å²) in [7, 11) is 3.01. The molecule has 0 saturated carbocycles. The molecule has 0 radical (unpaired) electrons. The van der Waals surface area contributed by atoms with Crippen molar-refractivity contribution < 1.29 is 28.2 Å². The molecule has 0 spiro atoms. The topological polar surface area (TPSA) is 99.4 Å². The number of nitrogens with one attached hydrogen (secondary N) is 1. The van der Waals surface area contributed by atoms with Gasteiger partial charge in [-0.25, -0.2) is 10.2 Å². The van der Waals surface area contributed by atoms with Crippen LogP contribution in [0, 0.1) is 0 Å². The summed E-state index contributed by atoms with van der Waals surface area (Å²) in [4.78, 5) is 24.7. The second kappa shape index (κ2) is 9.69. The van der Waals surface area contributed by atoms with Crippen LogP contribution in [0.15, 0.2) is 82.3 Å². The maximum atomic E-state index is 12.4. The molecule has 8 nitrogen and oxygen atoms in total. The zero-order valence-corrected chi connectivity index (χ0v) is 17.9. The van der Waals surface area contributed by atoms with Crippen LogP contribution >= 0.6 is 0 Å². The molecule has 0 fully saturated rings. The van der Waals surface area contributed by atoms with Gasteiger partial charge < -0.3 is 18.6 Å². The van der Waals surface area contributed by atoms with Crippen molar-refractivity contribution in [3.8, 4) is 17.2 Å². The number of benzene rings is 3. The molecule has 1 aromatic heterocycles. The van der Waals surface area contributed by atoms with Gasteiger partial charge in [0.1, 0.15) is 11.3 Å². The summed E-state index contributed by atoms with van der Waals surface area (Å²) in [5.41, 5.74) is 4.04. The number of hydrazone groups is 1. The van der Waals surface area contributed by atoms with Gasteiger partial charge in [0.15, 0.2) is 17.3 Å². The maximum Gasteiger partial charge on any atom is 0.343 e. The number of hydrogen-bond acceptors (Lipinski definition) is 7. The normalized spacial score (nSPS) is 10.8. The number of esters is 1. The summed E-state index contributed by atoms with van der Waals surface area (Å²) < 4.78 is 21.4. The zero-order chi connectivity index (χ0) is 23.2. The minimum absolute atomic E-state index is 0.159. The number of carbonyl (C=O) groups excluding carboxylic acids is 2. The number of rotatable bonds is 7. The molecule has 4 rings (SSSR count). The van der Waals surface area contributed by atoms with Crippen LogP contribution in [-0.4, -0.2) is 32.3 Å². The fraction of sp³-hybridized carbons (Fsp3) is 0.0800. The molecule has 8 heteroatoms. The van der Waals surface area contributed by atoms with Crippen molar-refractivity contribution in [1.82, 2.24) is 5.43 Å². The SMILES string of the molecule is COc1ccc(C(=O)Oc2ccc(/C=N\NC(=O)c3cc4ccccc4o3)cc2OC)cc1. The average molecular weight is 444 g/mol. The van der Waals surface area contributed by atoms with Gasteiger partial charge in [-0.05, 0) is 60.2 Å². The van der Waals surface area contributed by atoms with Gasteiger partial charge in [-0.15, -0.1) is 0 Å². The number of methoxy groups -OCH3 is 2. The third kappa shape index (κ3) is 5.01. The number of nitrogens with zero attached hydrogens (tertiary/aromatic N) is 1. The van der Waals surface area contributed by atoms with E-state index in [1.807, 2.05) is 18.2 Å². The number of carbonyl (C=O) groups is 2. The number of amides is 1. The molecule has 1 N–H and O–H groups in total. The molecule has 4 aromatic rings. The molecule has 3 aromatic carbocycles. The summed E-state index contributed by atoms with van der Waals surface area (Å²) in [5.74, 6) is 0.382. The molecular formula is C25H20N2O6. The van der Waals surface area contributed by atoms with E-state index in [0.717, 1.165) is 5.39 Å². The summed E-state index contributed by atoms with van der Waals surface area (Å²) >= 11 is 0. The van der Waals surface area contributed by atoms with E-state index in [4.69, 9.17) is 18.6 Å². The lowest BCUT2D eigenvalue weighted by Gasteiger charge is -2.10. The fourth-order valence-corrected chi connectivity index (χ4v) is 3.05. The standard InChI is InChI=1S/C25H20N2O6/c1-30-19-10-8-17(9-11-19)25(29)33-21-12-7-16(13-22(21)31-2)15-26-27-24(28)23-14-18-5-3-4-6-20(18)32-23/h3-15H,1-2H3,(H,27,28)/b26-15-. The fourth-order valence-electron chi connectivity index (χ4n) is 3.05. The van der Waals surface area contributed by atoms with E-state index in [1.54, 1.807) is 61.7 Å². The Morgan fingerprint density at radius 3 is 2.42 bits per heavy atom. The van der Waals surface area contributed by atoms with Gasteiger partial charge in [0.05, 0.1) is 26.0 Å². The first-order chi connectivity index (χ1) is 16.1. The third-order valence-electron chi connectivity index (χ3n) is 4.75. The largest absolute Gasteiger partial charge is 0.497 e. The first kappa shape index (κ1) is 21.6. The van der Waals surface area contributed by atoms with Crippen LogP contribution < -0.4 is 19.6 Å². The summed E-state index contributed by atoms with van der Waals surface area (Å²) in [6.45, 7) is 0. The van der Waals surface area contributed by atoms with E-state index in [-0.39, 0.29) is 11.5 Å². The lowest BCUT2D eigenvalue weighted by Crippen LogP contribution is -2.16. The molecule has 0 bridgehead atoms. The maximum absolute atomic E-state index is 12.4. The highest BCUT2D eigenvalue weighted by Gasteiger charge is 2.14. The first-order valence-electron chi connectivity index (χ1n) is 9.93. The van der Waals surface area contributed by atoms with E-state index in [2.05, 4.69) is 10.5 Å². The van der Waals surface area contributed by atoms with Crippen LogP contribution in [0.5, 0.6) is 17.2 Å². The van der Waals surface area contributed by atoms with Crippen molar-refractivity contribution in [3.63, 3.8) is 0 Å². The molecule has 1 amide bonds. The number of fused-ring (bicyclic) bond motifs is 1. The second-order valence-corrected chi connectivity index (χ2v) is 6.88. The van der Waals surface area contributed by atoms with Crippen molar-refractivity contribution >= 4 is 29.1 Å². The molecule has 0 aliphatic carbocycles. The smallest absolute Gasteiger partial charge is 0.343 e. The highest BCUT2D eigenvalue weighted by Crippen LogP contribution is 2.28. The Balaban J connectivity index is 1.41. The van der Waals surface area contributed by atoms with Crippen LogP contribution in [0.25, 0.3) is 11.0 Å². The van der Waals surface area contributed by atoms with Crippen molar-refractivity contribution in [1.29, 1.82) is 0 Å². The predicted molar refractivity (Wildman–Crippen MR) is 122 cm³/mol. The van der Waals surface area contributed by atoms with E-state index >= 15 is 0 Å². The van der Waals surface area contributed by atoms with E-state index in [0.29, 0.717) is 28.2 Å². The van der Waals surface area contributed by atoms with E-state index in [9.17, 15) is 9.59 Å². The Morgan fingerprint density at radius 2 is 1.70 bits per heavy atom. The Morgan fingerprint density at radius 1 is 0.909 bits per heavy atom. The monoisotopic (exact) mass is 444 g/mol. The van der Waals surface area contributed by atoms with Crippen molar-refractivity contribution in [3.05, 3.63) is 89.7 Å². The van der Waals surface area contributed by atoms with E-state index < -0.39 is 11.9 Å². The zero-order valence-electron chi connectivity index (χ0n) is 17.9. The van der Waals surface area contributed by atoms with Gasteiger partial charge in [-0.1, -0.05) is 18.2 Å². The predicted octanol–water partition coefficient (Wildman–Crippen LogP) is 4.43. The van der Waals surface area contributed by atoms with Crippen molar-refractivity contribution in [2.45, 2.75) is 0 Å². The van der Waals surface area contributed by atoms with Gasteiger partial charge in [0.2, 0.25) is 0 Å². The Kier molecular flexibility index (Phi) is 6.36. The quantitative estimate of drug-likeness (QED) is 0.196. The third-order valence-corrected chi connectivity index (χ3v) is 4.75. The van der Waals surface area contributed by atoms with Crippen molar-refractivity contribution in [2.75, 3.05) is 14.2 Å². The van der Waals surface area contributed by atoms with Gasteiger partial charge in [-0.3, -0.25) is 4.79 Å². The second-order valence-electron chi connectivity index (χ2n) is 6.88. The van der Waals surface area contributed by atoms with Gasteiger partial charge in [0, 0.05) is 5.39 Å². The van der Waals surface area contributed by atoms with Crippen LogP contribution in [0.3, 0.4) is 0 Å².